The first kappa shape index (κ1) is 30.5. The molecule has 3 aromatic carbocycles. The minimum Gasteiger partial charge on any atom is -0.445 e. The topological polar surface area (TPSA) is 27.7 Å². The van der Waals surface area contributed by atoms with Crippen molar-refractivity contribution in [3.63, 3.8) is 0 Å². The largest absolute Gasteiger partial charge is 0.468 e. The fraction of sp³-hybridized carbons (Fsp3) is 0.167. The molecule has 0 unspecified atom stereocenters. The second-order valence-electron chi connectivity index (χ2n) is 11.4. The van der Waals surface area contributed by atoms with Gasteiger partial charge in [-0.3, -0.25) is 0 Å². The van der Waals surface area contributed by atoms with E-state index in [1.54, 1.807) is 34.0 Å². The predicted octanol–water partition coefficient (Wildman–Crippen LogP) is 6.78. The summed E-state index contributed by atoms with van der Waals surface area (Å²) in [5, 5.41) is 13.3. The zero-order chi connectivity index (χ0) is 30.3. The Labute approximate surface area is 279 Å². The first-order valence-corrected chi connectivity index (χ1v) is 18.4. The molecule has 1 saturated heterocycles. The van der Waals surface area contributed by atoms with E-state index in [1.807, 2.05) is 0 Å². The number of rotatable bonds is 12. The van der Waals surface area contributed by atoms with Crippen molar-refractivity contribution in [1.29, 1.82) is 0 Å². The molecule has 6 aromatic rings. The lowest BCUT2D eigenvalue weighted by Gasteiger charge is -2.32. The van der Waals surface area contributed by atoms with Crippen LogP contribution in [-0.4, -0.2) is 21.4 Å². The molecule has 0 spiro atoms. The van der Waals surface area contributed by atoms with Gasteiger partial charge in [0.15, 0.2) is 0 Å². The smallest absolute Gasteiger partial charge is 0.445 e. The van der Waals surface area contributed by atoms with Crippen LogP contribution in [0.15, 0.2) is 123 Å². The first-order chi connectivity index (χ1) is 22.3. The molecule has 4 heterocycles. The fourth-order valence-electron chi connectivity index (χ4n) is 5.87. The van der Waals surface area contributed by atoms with Gasteiger partial charge in [0, 0.05) is 0 Å². The van der Waals surface area contributed by atoms with Crippen molar-refractivity contribution in [2.75, 3.05) is 0 Å². The van der Waals surface area contributed by atoms with Crippen LogP contribution < -0.4 is 16.4 Å². The quantitative estimate of drug-likeness (QED) is 0.138. The zero-order valence-corrected chi connectivity index (χ0v) is 27.5. The van der Waals surface area contributed by atoms with Crippen LogP contribution in [0.5, 0.6) is 0 Å². The normalized spacial score (nSPS) is 13.5. The molecule has 0 aliphatic carbocycles. The lowest BCUT2D eigenvalue weighted by atomic mass is 9.60. The van der Waals surface area contributed by atoms with Gasteiger partial charge < -0.3 is 13.7 Å². The van der Waals surface area contributed by atoms with Gasteiger partial charge in [-0.05, 0) is 121 Å². The van der Waals surface area contributed by atoms with E-state index >= 15 is 0 Å². The minimum absolute atomic E-state index is 0.519. The van der Waals surface area contributed by atoms with Crippen molar-refractivity contribution in [1.82, 2.24) is 0 Å². The molecule has 1 aliphatic rings. The van der Waals surface area contributed by atoms with Gasteiger partial charge >= 0.3 is 21.4 Å². The highest BCUT2D eigenvalue weighted by atomic mass is 32.1. The van der Waals surface area contributed by atoms with Crippen molar-refractivity contribution in [3.05, 3.63) is 157 Å². The second kappa shape index (κ2) is 15.0. The third-order valence-corrected chi connectivity index (χ3v) is 10.8. The summed E-state index contributed by atoms with van der Waals surface area (Å²) in [5.74, 6) is 0. The van der Waals surface area contributed by atoms with E-state index < -0.39 is 21.4 Å². The van der Waals surface area contributed by atoms with E-state index in [1.165, 1.54) is 33.4 Å². The molecule has 0 amide bonds. The number of benzene rings is 3. The summed E-state index contributed by atoms with van der Waals surface area (Å²) in [6, 6.07) is 32.0. The second-order valence-corrected chi connectivity index (χ2v) is 13.6. The maximum Gasteiger partial charge on any atom is 0.468 e. The minimum atomic E-state index is -0.519. The number of thiophene rings is 3. The summed E-state index contributed by atoms with van der Waals surface area (Å²) in [6.45, 7) is 0. The zero-order valence-electron chi connectivity index (χ0n) is 25.0. The molecule has 9 heteroatoms. The maximum absolute atomic E-state index is 6.73. The molecule has 0 saturated carbocycles. The Hall–Kier alpha value is -3.17. The monoisotopic (exact) mass is 642 g/mol. The molecule has 0 N–H and O–H groups in total. The van der Waals surface area contributed by atoms with Gasteiger partial charge in [-0.25, -0.2) is 0 Å². The molecule has 45 heavy (non-hydrogen) atoms. The Bertz CT molecular complexity index is 1560. The molecule has 0 bridgehead atoms. The van der Waals surface area contributed by atoms with Crippen LogP contribution in [0.25, 0.3) is 0 Å². The SMILES string of the molecule is c1ccc(CCc2cscc2B2OB(c3cscc3CCc3ccccc3)OB(c3cscc3CCc3ccccc3)O2)cc1. The van der Waals surface area contributed by atoms with Gasteiger partial charge in [0.2, 0.25) is 0 Å². The molecule has 1 fully saturated rings. The molecule has 0 atom stereocenters. The number of hydrogen-bond acceptors (Lipinski definition) is 6. The Balaban J connectivity index is 1.15. The van der Waals surface area contributed by atoms with E-state index in [-0.39, 0.29) is 0 Å². The highest BCUT2D eigenvalue weighted by Gasteiger charge is 2.46. The van der Waals surface area contributed by atoms with Crippen molar-refractivity contribution < 1.29 is 13.7 Å². The number of hydrogen-bond donors (Lipinski definition) is 0. The summed E-state index contributed by atoms with van der Waals surface area (Å²) in [4.78, 5) is 0. The average Bonchev–Trinajstić information content (AvgIpc) is 3.88. The standard InChI is InChI=1S/C36H33B3O3S3/c1-4-10-28(11-5-1)16-19-31-22-43-25-34(31)37-40-38(35-26-44-23-32(35)20-17-29-12-6-2-7-13-29)42-39(41-37)36-27-45-24-33(36)21-18-30-14-8-3-9-15-30/h1-15,22-27H,16-21H2. The summed E-state index contributed by atoms with van der Waals surface area (Å²) < 4.78 is 20.2. The Kier molecular flexibility index (Phi) is 10.1. The Morgan fingerprint density at radius 1 is 0.356 bits per heavy atom. The summed E-state index contributed by atoms with van der Waals surface area (Å²) >= 11 is 5.14. The van der Waals surface area contributed by atoms with E-state index in [9.17, 15) is 0 Å². The molecule has 3 aromatic heterocycles. The third kappa shape index (κ3) is 7.63. The lowest BCUT2D eigenvalue weighted by Crippen LogP contribution is -2.62. The van der Waals surface area contributed by atoms with Gasteiger partial charge in [-0.15, -0.1) is 0 Å². The van der Waals surface area contributed by atoms with Gasteiger partial charge in [-0.1, -0.05) is 91.0 Å². The molecular weight excluding hydrogens is 609 g/mol. The van der Waals surface area contributed by atoms with E-state index in [0.717, 1.165) is 54.9 Å². The molecular formula is C36H33B3O3S3. The van der Waals surface area contributed by atoms with Crippen LogP contribution in [0, 0.1) is 0 Å². The number of aryl methyl sites for hydroxylation is 6. The third-order valence-electron chi connectivity index (χ3n) is 8.41. The van der Waals surface area contributed by atoms with Gasteiger partial charge in [0.05, 0.1) is 0 Å². The molecule has 1 aliphatic heterocycles. The lowest BCUT2D eigenvalue weighted by molar-refractivity contribution is 0.308. The van der Waals surface area contributed by atoms with E-state index in [2.05, 4.69) is 123 Å². The van der Waals surface area contributed by atoms with Crippen LogP contribution in [0.2, 0.25) is 0 Å². The fourth-order valence-corrected chi connectivity index (χ4v) is 8.56. The van der Waals surface area contributed by atoms with Crippen LogP contribution in [0.3, 0.4) is 0 Å². The van der Waals surface area contributed by atoms with E-state index in [4.69, 9.17) is 13.7 Å². The van der Waals surface area contributed by atoms with Crippen molar-refractivity contribution in [2.45, 2.75) is 38.5 Å². The molecule has 7 rings (SSSR count). The molecule has 0 radical (unpaired) electrons. The molecule has 222 valence electrons. The molecule has 3 nitrogen and oxygen atoms in total. The average molecular weight is 642 g/mol. The van der Waals surface area contributed by atoms with Crippen molar-refractivity contribution >= 4 is 71.8 Å². The van der Waals surface area contributed by atoms with Crippen LogP contribution in [-0.2, 0) is 52.2 Å². The van der Waals surface area contributed by atoms with E-state index in [0.29, 0.717) is 0 Å². The highest BCUT2D eigenvalue weighted by Crippen LogP contribution is 2.20. The van der Waals surface area contributed by atoms with Gasteiger partial charge in [-0.2, -0.15) is 34.0 Å². The maximum atomic E-state index is 6.73. The van der Waals surface area contributed by atoms with Gasteiger partial charge in [0.1, 0.15) is 0 Å². The van der Waals surface area contributed by atoms with Crippen LogP contribution in [0.4, 0.5) is 0 Å². The summed E-state index contributed by atoms with van der Waals surface area (Å²) in [7, 11) is -1.56. The highest BCUT2D eigenvalue weighted by molar-refractivity contribution is 7.11. The summed E-state index contributed by atoms with van der Waals surface area (Å²) in [6.07, 6.45) is 5.73. The van der Waals surface area contributed by atoms with Crippen LogP contribution in [0.1, 0.15) is 33.4 Å². The predicted molar refractivity (Wildman–Crippen MR) is 194 cm³/mol. The first-order valence-electron chi connectivity index (χ1n) is 15.5. The Morgan fingerprint density at radius 2 is 0.644 bits per heavy atom. The van der Waals surface area contributed by atoms with Crippen molar-refractivity contribution in [3.8, 4) is 0 Å². The van der Waals surface area contributed by atoms with Crippen LogP contribution >= 0.6 is 34.0 Å². The Morgan fingerprint density at radius 3 is 0.933 bits per heavy atom. The summed E-state index contributed by atoms with van der Waals surface area (Å²) in [5.41, 5.74) is 11.2. The van der Waals surface area contributed by atoms with Gasteiger partial charge in [0.25, 0.3) is 0 Å². The van der Waals surface area contributed by atoms with Crippen molar-refractivity contribution in [2.24, 2.45) is 0 Å².